The Bertz CT molecular complexity index is 2660. The van der Waals surface area contributed by atoms with Crippen LogP contribution >= 0.6 is 0 Å². The fraction of sp³-hybridized carbons (Fsp3) is 0.333. The number of hydrogen-bond donors (Lipinski definition) is 2. The fourth-order valence-electron chi connectivity index (χ4n) is 10.1. The van der Waals surface area contributed by atoms with Crippen LogP contribution in [0.3, 0.4) is 0 Å². The molecule has 12 heteroatoms. The zero-order chi connectivity index (χ0) is 45.9. The Morgan fingerprint density at radius 3 is 1.39 bits per heavy atom. The van der Waals surface area contributed by atoms with Crippen LogP contribution in [0.1, 0.15) is 90.2 Å². The van der Waals surface area contributed by atoms with Crippen LogP contribution in [-0.2, 0) is 35.5 Å². The van der Waals surface area contributed by atoms with E-state index >= 15 is 0 Å². The van der Waals surface area contributed by atoms with Crippen molar-refractivity contribution in [2.75, 3.05) is 40.3 Å². The molecule has 0 unspecified atom stereocenters. The number of amides is 2. The minimum absolute atomic E-state index is 0.0187. The number of carbonyl (C=O) groups excluding carboxylic acids is 2. The lowest BCUT2D eigenvalue weighted by atomic mass is 9.91. The van der Waals surface area contributed by atoms with Gasteiger partial charge >= 0.3 is 0 Å². The highest BCUT2D eigenvalue weighted by Crippen LogP contribution is 2.31. The van der Waals surface area contributed by atoms with E-state index < -0.39 is 0 Å². The molecule has 4 aliphatic rings. The second kappa shape index (κ2) is 19.4. The van der Waals surface area contributed by atoms with Gasteiger partial charge in [0.15, 0.2) is 0 Å². The Morgan fingerprint density at radius 2 is 0.985 bits per heavy atom. The third-order valence-corrected chi connectivity index (χ3v) is 13.3. The second-order valence-electron chi connectivity index (χ2n) is 18.4. The van der Waals surface area contributed by atoms with Gasteiger partial charge in [-0.25, -0.2) is 0 Å². The number of pyridine rings is 4. The molecule has 336 valence electrons. The first kappa shape index (κ1) is 44.4. The molecule has 0 aliphatic carbocycles. The van der Waals surface area contributed by atoms with Gasteiger partial charge < -0.3 is 20.4 Å². The smallest absolute Gasteiger partial charge is 0.226 e. The summed E-state index contributed by atoms with van der Waals surface area (Å²) < 4.78 is 0. The van der Waals surface area contributed by atoms with Crippen molar-refractivity contribution in [3.05, 3.63) is 188 Å². The predicted molar refractivity (Wildman–Crippen MR) is 259 cm³/mol. The zero-order valence-corrected chi connectivity index (χ0v) is 38.8. The summed E-state index contributed by atoms with van der Waals surface area (Å²) in [6, 6.07) is 29.2. The SMILES string of the molecule is Cc1cc(C2=NCc3cc(CC(=O)N[C@@H]4CN(C)C[C@H]4c4ccccc4C)ncc32)ccn1.Cc1cc(C2=NCc3cc(CC(=O)N[C@H]4CN(C)C[C@@H]4c4ccccc4C)ncc32)ccn1. The largest absolute Gasteiger partial charge is 0.351 e. The van der Waals surface area contributed by atoms with E-state index in [4.69, 9.17) is 9.98 Å². The van der Waals surface area contributed by atoms with E-state index in [2.05, 4.69) is 117 Å². The number of likely N-dealkylation sites (N-methyl/N-ethyl adjacent to an activating group) is 2. The van der Waals surface area contributed by atoms with E-state index in [0.29, 0.717) is 24.9 Å². The summed E-state index contributed by atoms with van der Waals surface area (Å²) in [6.45, 7) is 13.1. The van der Waals surface area contributed by atoms with Crippen molar-refractivity contribution in [2.45, 2.75) is 77.5 Å². The maximum atomic E-state index is 13.0. The molecule has 0 bridgehead atoms. The molecule has 4 aliphatic heterocycles. The van der Waals surface area contributed by atoms with Crippen molar-refractivity contribution in [1.82, 2.24) is 40.4 Å². The van der Waals surface area contributed by atoms with Gasteiger partial charge in [-0.15, -0.1) is 0 Å². The first-order valence-corrected chi connectivity index (χ1v) is 22.9. The third-order valence-electron chi connectivity index (χ3n) is 13.3. The van der Waals surface area contributed by atoms with Gasteiger partial charge in [-0.1, -0.05) is 48.5 Å². The molecule has 0 saturated carbocycles. The van der Waals surface area contributed by atoms with Gasteiger partial charge in [0.1, 0.15) is 0 Å². The first-order chi connectivity index (χ1) is 31.9. The molecule has 66 heavy (non-hydrogen) atoms. The van der Waals surface area contributed by atoms with Crippen molar-refractivity contribution >= 4 is 23.2 Å². The number of nitrogens with one attached hydrogen (secondary N) is 2. The topological polar surface area (TPSA) is 141 Å². The van der Waals surface area contributed by atoms with E-state index in [-0.39, 0.29) is 36.7 Å². The van der Waals surface area contributed by atoms with Crippen LogP contribution in [0, 0.1) is 27.7 Å². The molecular formula is C54H58N10O2. The minimum atomic E-state index is 0.0187. The highest BCUT2D eigenvalue weighted by atomic mass is 16.2. The molecule has 2 aromatic carbocycles. The number of aromatic nitrogens is 4. The Kier molecular flexibility index (Phi) is 13.0. The van der Waals surface area contributed by atoms with Gasteiger partial charge in [0.25, 0.3) is 0 Å². The van der Waals surface area contributed by atoms with Crippen LogP contribution in [-0.4, -0.2) is 105 Å². The lowest BCUT2D eigenvalue weighted by Gasteiger charge is -2.22. The molecule has 4 aromatic heterocycles. The van der Waals surface area contributed by atoms with Crippen LogP contribution in [0.25, 0.3) is 0 Å². The van der Waals surface area contributed by atoms with E-state index in [1.54, 1.807) is 0 Å². The molecule has 12 nitrogen and oxygen atoms in total. The Balaban J connectivity index is 0.000000166. The molecule has 8 heterocycles. The summed E-state index contributed by atoms with van der Waals surface area (Å²) in [5.41, 5.74) is 17.0. The monoisotopic (exact) mass is 878 g/mol. The lowest BCUT2D eigenvalue weighted by molar-refractivity contribution is -0.122. The van der Waals surface area contributed by atoms with E-state index in [0.717, 1.165) is 93.8 Å². The maximum absolute atomic E-state index is 13.0. The molecule has 2 saturated heterocycles. The number of likely N-dealkylation sites (tertiary alicyclic amines) is 2. The quantitative estimate of drug-likeness (QED) is 0.161. The molecule has 2 fully saturated rings. The van der Waals surface area contributed by atoms with Crippen molar-refractivity contribution in [3.8, 4) is 0 Å². The maximum Gasteiger partial charge on any atom is 0.226 e. The number of benzene rings is 2. The van der Waals surface area contributed by atoms with Crippen LogP contribution in [0.15, 0.2) is 120 Å². The summed E-state index contributed by atoms with van der Waals surface area (Å²) >= 11 is 0. The van der Waals surface area contributed by atoms with E-state index in [1.807, 2.05) is 75.0 Å². The number of nitrogens with zero attached hydrogens (tertiary/aromatic N) is 8. The summed E-state index contributed by atoms with van der Waals surface area (Å²) in [5.74, 6) is 0.635. The predicted octanol–water partition coefficient (Wildman–Crippen LogP) is 6.40. The van der Waals surface area contributed by atoms with Crippen molar-refractivity contribution in [2.24, 2.45) is 9.98 Å². The van der Waals surface area contributed by atoms with Gasteiger partial charge in [-0.3, -0.25) is 39.5 Å². The van der Waals surface area contributed by atoms with E-state index in [1.165, 1.54) is 22.3 Å². The Hall–Kier alpha value is -6.76. The number of hydrogen-bond acceptors (Lipinski definition) is 10. The molecule has 2 amide bonds. The summed E-state index contributed by atoms with van der Waals surface area (Å²) in [4.78, 5) is 57.7. The van der Waals surface area contributed by atoms with Gasteiger partial charge in [0.05, 0.1) is 48.7 Å². The van der Waals surface area contributed by atoms with Gasteiger partial charge in [0.2, 0.25) is 11.8 Å². The summed E-state index contributed by atoms with van der Waals surface area (Å²) in [6.07, 6.45) is 7.89. The summed E-state index contributed by atoms with van der Waals surface area (Å²) in [7, 11) is 4.22. The average molecular weight is 879 g/mol. The number of aliphatic imine (C=N–C) groups is 2. The molecule has 6 aromatic rings. The summed E-state index contributed by atoms with van der Waals surface area (Å²) in [5, 5.41) is 6.57. The van der Waals surface area contributed by atoms with Gasteiger partial charge in [-0.2, -0.15) is 0 Å². The minimum Gasteiger partial charge on any atom is -0.351 e. The first-order valence-electron chi connectivity index (χ1n) is 22.9. The number of fused-ring (bicyclic) bond motifs is 2. The normalized spacial score (nSPS) is 19.9. The molecule has 0 radical (unpaired) electrons. The standard InChI is InChI=1S/2C27H29N5O/c2*1-17-6-4-5-7-22(17)24-15-32(3)16-25(24)31-26(33)12-21-11-20-13-30-27(23(20)14-29-21)19-8-9-28-18(2)10-19/h2*4-11,14,24-25H,12-13,15-16H2,1-3H3,(H,31,33)/t2*24-,25+/m10/s1. The van der Waals surface area contributed by atoms with Crippen LogP contribution in [0.2, 0.25) is 0 Å². The molecule has 4 atom stereocenters. The highest BCUT2D eigenvalue weighted by Gasteiger charge is 2.35. The third kappa shape index (κ3) is 9.90. The van der Waals surface area contributed by atoms with Crippen LogP contribution in [0.5, 0.6) is 0 Å². The molecule has 0 spiro atoms. The Morgan fingerprint density at radius 1 is 0.561 bits per heavy atom. The van der Waals surface area contributed by atoms with Gasteiger partial charge in [0, 0.05) is 109 Å². The second-order valence-corrected chi connectivity index (χ2v) is 18.4. The zero-order valence-electron chi connectivity index (χ0n) is 38.8. The van der Waals surface area contributed by atoms with E-state index in [9.17, 15) is 9.59 Å². The molecule has 10 rings (SSSR count). The Labute approximate surface area is 387 Å². The average Bonchev–Trinajstić information content (AvgIpc) is 4.09. The van der Waals surface area contributed by atoms with Crippen LogP contribution in [0.4, 0.5) is 0 Å². The van der Waals surface area contributed by atoms with Gasteiger partial charge in [-0.05, 0) is 112 Å². The van der Waals surface area contributed by atoms with Crippen molar-refractivity contribution < 1.29 is 9.59 Å². The van der Waals surface area contributed by atoms with Crippen molar-refractivity contribution in [3.63, 3.8) is 0 Å². The lowest BCUT2D eigenvalue weighted by Crippen LogP contribution is -2.40. The number of carbonyl (C=O) groups is 2. The number of aryl methyl sites for hydroxylation is 4. The number of rotatable bonds is 10. The molecular weight excluding hydrogens is 821 g/mol. The van der Waals surface area contributed by atoms with Crippen molar-refractivity contribution in [1.29, 1.82) is 0 Å². The highest BCUT2D eigenvalue weighted by molar-refractivity contribution is 6.15. The fourth-order valence-corrected chi connectivity index (χ4v) is 10.1. The van der Waals surface area contributed by atoms with Crippen LogP contribution < -0.4 is 10.6 Å². The molecule has 2 N–H and O–H groups in total.